The van der Waals surface area contributed by atoms with Crippen molar-refractivity contribution in [1.82, 2.24) is 0 Å². The van der Waals surface area contributed by atoms with Gasteiger partial charge in [-0.15, -0.1) is 21.8 Å². The van der Waals surface area contributed by atoms with Gasteiger partial charge in [0.15, 0.2) is 0 Å². The molecule has 0 aliphatic heterocycles. The van der Waals surface area contributed by atoms with Crippen LogP contribution in [0.1, 0.15) is 166 Å². The fourth-order valence-corrected chi connectivity index (χ4v) is 102. The van der Waals surface area contributed by atoms with E-state index in [-0.39, 0.29) is 48.4 Å². The Bertz CT molecular complexity index is 719. The molecule has 0 saturated heterocycles. The molecular formula is C37H87GeISi6. The smallest absolute Gasteiger partial charge is 0.107 e. The molecule has 0 nitrogen and oxygen atoms in total. The third-order valence-electron chi connectivity index (χ3n) is 12.0. The van der Waals surface area contributed by atoms with Gasteiger partial charge in [-0.2, -0.15) is 0 Å². The molecule has 0 aliphatic rings. The monoisotopic (exact) mass is 900 g/mol. The van der Waals surface area contributed by atoms with Gasteiger partial charge in [0.25, 0.3) is 0 Å². The van der Waals surface area contributed by atoms with E-state index in [4.69, 9.17) is 0 Å². The largest absolute Gasteiger partial charge is 0.129 e. The van der Waals surface area contributed by atoms with Gasteiger partial charge in [0.05, 0.1) is 32.8 Å². The molecule has 0 aromatic rings. The average molecular weight is 900 g/mol. The van der Waals surface area contributed by atoms with Crippen molar-refractivity contribution in [2.75, 3.05) is 0 Å². The fourth-order valence-electron chi connectivity index (χ4n) is 6.88. The molecule has 0 rings (SSSR count). The normalized spacial score (nSPS) is 15.1. The van der Waals surface area contributed by atoms with Crippen LogP contribution >= 0.6 is 21.8 Å². The standard InChI is InChI=1S/C19H45ISi4.2C9H21Si.Ge/c1-16(2,3)23(14,17(4,5)6)21(13)22(20)24(15,18(7,8)9)19(10,11)12;2*1-8(2,3)10(7)9(4,5)6;/h1-15H3;2*1-7H3;. The molecule has 0 atom stereocenters. The quantitative estimate of drug-likeness (QED) is 0.150. The molecule has 270 valence electrons. The minimum Gasteiger partial charge on any atom is -0.129 e. The van der Waals surface area contributed by atoms with Gasteiger partial charge in [-0.25, -0.2) is 0 Å². The van der Waals surface area contributed by atoms with Gasteiger partial charge in [0, 0.05) is 25.4 Å². The summed E-state index contributed by atoms with van der Waals surface area (Å²) >= 11 is 3.05. The third kappa shape index (κ3) is 15.0. The van der Waals surface area contributed by atoms with Crippen molar-refractivity contribution >= 4 is 85.3 Å². The van der Waals surface area contributed by atoms with Crippen LogP contribution in [0.15, 0.2) is 0 Å². The Balaban J connectivity index is -0.000000330. The van der Waals surface area contributed by atoms with Crippen molar-refractivity contribution in [3.05, 3.63) is 0 Å². The first kappa shape index (κ1) is 54.4. The minimum atomic E-state index is -1.42. The minimum absolute atomic E-state index is 0. The first-order valence-corrected chi connectivity index (χ1v) is 36.1. The molecule has 0 amide bonds. The third-order valence-corrected chi connectivity index (χ3v) is 92.6. The SMILES string of the molecule is C[Si](C(C)(C)C)C(C)(C)C.C[Si](C(C)(C)C)C(C)(C)C.C[Si]([Si](I)[Si](C)(C(C)(C)C)C(C)(C)C)[Si](C)(C(C)(C)C)C(C)(C)C.[Ge]. The second-order valence-corrected chi connectivity index (χ2v) is 69.2. The van der Waals surface area contributed by atoms with E-state index >= 15 is 0 Å². The van der Waals surface area contributed by atoms with E-state index in [1.165, 1.54) is 0 Å². The Morgan fingerprint density at radius 1 is 0.356 bits per heavy atom. The van der Waals surface area contributed by atoms with E-state index in [1.54, 1.807) is 0 Å². The first-order chi connectivity index (χ1) is 18.4. The summed E-state index contributed by atoms with van der Waals surface area (Å²) in [6, 6.07) is 0. The van der Waals surface area contributed by atoms with Crippen molar-refractivity contribution < 1.29 is 0 Å². The van der Waals surface area contributed by atoms with Crippen LogP contribution in [0.2, 0.25) is 73.0 Å². The molecule has 8 radical (unpaired) electrons. The summed E-state index contributed by atoms with van der Waals surface area (Å²) in [6.45, 7) is 72.0. The number of halogens is 1. The topological polar surface area (TPSA) is 0 Å². The van der Waals surface area contributed by atoms with Gasteiger partial charge in [-0.05, 0) is 40.3 Å². The van der Waals surface area contributed by atoms with Crippen LogP contribution in [0.25, 0.3) is 0 Å². The van der Waals surface area contributed by atoms with E-state index in [1.807, 2.05) is 0 Å². The van der Waals surface area contributed by atoms with Crippen LogP contribution in [0.4, 0.5) is 0 Å². The molecule has 45 heavy (non-hydrogen) atoms. The van der Waals surface area contributed by atoms with Gasteiger partial charge in [0.2, 0.25) is 0 Å². The number of hydrogen-bond acceptors (Lipinski definition) is 0. The summed E-state index contributed by atoms with van der Waals surface area (Å²) in [7, 11) is -3.62. The van der Waals surface area contributed by atoms with Gasteiger partial charge in [-0.3, -0.25) is 0 Å². The molecule has 0 aromatic heterocycles. The zero-order chi connectivity index (χ0) is 37.3. The summed E-state index contributed by atoms with van der Waals surface area (Å²) in [4.78, 5) is 0. The Labute approximate surface area is 321 Å². The van der Waals surface area contributed by atoms with Crippen molar-refractivity contribution in [3.63, 3.8) is 0 Å². The van der Waals surface area contributed by atoms with E-state index in [0.29, 0.717) is 40.3 Å². The number of hydrogen-bond donors (Lipinski definition) is 0. The summed E-state index contributed by atoms with van der Waals surface area (Å²) in [5, 5.41) is 3.75. The maximum atomic E-state index is 3.05. The van der Waals surface area contributed by atoms with Crippen LogP contribution in [0.5, 0.6) is 0 Å². The van der Waals surface area contributed by atoms with Crippen molar-refractivity contribution in [1.29, 1.82) is 0 Å². The molecule has 0 N–H and O–H groups in total. The van der Waals surface area contributed by atoms with Gasteiger partial charge < -0.3 is 0 Å². The first-order valence-electron chi connectivity index (χ1n) is 17.4. The fraction of sp³-hybridized carbons (Fsp3) is 1.00. The molecule has 0 aliphatic carbocycles. The molecule has 0 fully saturated rings. The predicted octanol–water partition coefficient (Wildman–Crippen LogP) is 15.2. The van der Waals surface area contributed by atoms with Gasteiger partial charge in [0.1, 0.15) is 5.33 Å². The zero-order valence-corrected chi connectivity index (χ0v) is 47.1. The zero-order valence-electron chi connectivity index (χ0n) is 36.9. The van der Waals surface area contributed by atoms with Crippen molar-refractivity contribution in [2.24, 2.45) is 0 Å². The molecule has 0 aromatic carbocycles. The summed E-state index contributed by atoms with van der Waals surface area (Å²) in [6.07, 6.45) is 0. The van der Waals surface area contributed by atoms with E-state index < -0.39 is 15.2 Å². The Hall–Kier alpha value is 2.57. The Kier molecular flexibility index (Phi) is 21.0. The van der Waals surface area contributed by atoms with E-state index in [2.05, 4.69) is 221 Å². The maximum absolute atomic E-state index is 3.05. The summed E-state index contributed by atoms with van der Waals surface area (Å²) in [5.41, 5.74) is 0. The van der Waals surface area contributed by atoms with Gasteiger partial charge >= 0.3 is 0 Å². The average Bonchev–Trinajstić information content (AvgIpc) is 2.70. The van der Waals surface area contributed by atoms with Crippen LogP contribution < -0.4 is 0 Å². The predicted molar refractivity (Wildman–Crippen MR) is 241 cm³/mol. The molecular weight excluding hydrogens is 812 g/mol. The molecule has 0 unspecified atom stereocenters. The second-order valence-electron chi connectivity index (χ2n) is 22.4. The summed E-state index contributed by atoms with van der Waals surface area (Å²) < 4.78 is 0. The van der Waals surface area contributed by atoms with Crippen LogP contribution in [-0.2, 0) is 0 Å². The van der Waals surface area contributed by atoms with Crippen molar-refractivity contribution in [2.45, 2.75) is 239 Å². The van der Waals surface area contributed by atoms with Crippen molar-refractivity contribution in [3.8, 4) is 0 Å². The molecule has 0 heterocycles. The molecule has 0 bridgehead atoms. The van der Waals surface area contributed by atoms with Crippen LogP contribution in [-0.4, -0.2) is 63.5 Å². The van der Waals surface area contributed by atoms with E-state index in [0.717, 1.165) is 0 Å². The Morgan fingerprint density at radius 2 is 0.511 bits per heavy atom. The van der Waals surface area contributed by atoms with Gasteiger partial charge in [-0.1, -0.05) is 199 Å². The Morgan fingerprint density at radius 3 is 0.600 bits per heavy atom. The molecule has 0 saturated carbocycles. The van der Waals surface area contributed by atoms with Crippen LogP contribution in [0.3, 0.4) is 0 Å². The van der Waals surface area contributed by atoms with E-state index in [9.17, 15) is 0 Å². The molecule has 0 spiro atoms. The van der Waals surface area contributed by atoms with Crippen LogP contribution in [0, 0.1) is 0 Å². The summed E-state index contributed by atoms with van der Waals surface area (Å²) in [5.74, 6) is 0. The number of rotatable bonds is 3. The molecule has 8 heteroatoms. The second kappa shape index (κ2) is 17.4. The maximum Gasteiger partial charge on any atom is 0.107 e.